The molecule has 0 bridgehead atoms. The van der Waals surface area contributed by atoms with Crippen LogP contribution in [0.3, 0.4) is 0 Å². The van der Waals surface area contributed by atoms with Gasteiger partial charge in [0.25, 0.3) is 5.91 Å². The molecule has 2 N–H and O–H groups in total. The van der Waals surface area contributed by atoms with Crippen molar-refractivity contribution in [3.05, 3.63) is 29.8 Å². The lowest BCUT2D eigenvalue weighted by molar-refractivity contribution is -0.140. The molecule has 2 fully saturated rings. The van der Waals surface area contributed by atoms with Crippen LogP contribution in [0.25, 0.3) is 0 Å². The number of amides is 4. The Hall–Kier alpha value is -2.70. The van der Waals surface area contributed by atoms with Crippen LogP contribution in [-0.2, 0) is 14.4 Å². The lowest BCUT2D eigenvalue weighted by Gasteiger charge is -2.19. The number of nitrogens with one attached hydrogen (secondary N) is 2. The van der Waals surface area contributed by atoms with E-state index in [1.54, 1.807) is 31.3 Å². The molecule has 1 aliphatic heterocycles. The van der Waals surface area contributed by atoms with E-state index in [0.717, 1.165) is 25.7 Å². The van der Waals surface area contributed by atoms with Crippen LogP contribution in [-0.4, -0.2) is 42.1 Å². The predicted octanol–water partition coefficient (Wildman–Crippen LogP) is 1.55. The first kappa shape index (κ1) is 18.1. The van der Waals surface area contributed by atoms with Gasteiger partial charge in [-0.2, -0.15) is 0 Å². The molecule has 1 saturated heterocycles. The van der Waals surface area contributed by atoms with Gasteiger partial charge in [-0.3, -0.25) is 24.1 Å². The minimum atomic E-state index is -0.270. The molecule has 1 saturated carbocycles. The molecule has 1 aromatic carbocycles. The van der Waals surface area contributed by atoms with Gasteiger partial charge in [-0.05, 0) is 37.1 Å². The van der Waals surface area contributed by atoms with Crippen LogP contribution < -0.4 is 10.6 Å². The number of carbonyl (C=O) groups excluding carboxylic acids is 4. The first-order chi connectivity index (χ1) is 12.5. The van der Waals surface area contributed by atoms with Crippen LogP contribution in [0.15, 0.2) is 24.3 Å². The molecule has 7 heteroatoms. The van der Waals surface area contributed by atoms with Gasteiger partial charge in [0.1, 0.15) is 0 Å². The summed E-state index contributed by atoms with van der Waals surface area (Å²) in [4.78, 5) is 49.7. The summed E-state index contributed by atoms with van der Waals surface area (Å²) in [5, 5.41) is 5.25. The molecule has 1 heterocycles. The van der Waals surface area contributed by atoms with E-state index in [1.807, 2.05) is 0 Å². The largest absolute Gasteiger partial charge is 0.355 e. The highest BCUT2D eigenvalue weighted by Crippen LogP contribution is 2.37. The van der Waals surface area contributed by atoms with Crippen molar-refractivity contribution in [3.8, 4) is 0 Å². The molecule has 26 heavy (non-hydrogen) atoms. The average molecular weight is 357 g/mol. The lowest BCUT2D eigenvalue weighted by Crippen LogP contribution is -2.34. The molecule has 0 radical (unpaired) electrons. The zero-order valence-electron chi connectivity index (χ0n) is 14.8. The number of benzene rings is 1. The topological polar surface area (TPSA) is 95.6 Å². The predicted molar refractivity (Wildman–Crippen MR) is 95.2 cm³/mol. The second kappa shape index (κ2) is 7.68. The average Bonchev–Trinajstić information content (AvgIpc) is 2.91. The van der Waals surface area contributed by atoms with Gasteiger partial charge in [-0.15, -0.1) is 0 Å². The zero-order chi connectivity index (χ0) is 18.7. The number of imide groups is 1. The van der Waals surface area contributed by atoms with Crippen molar-refractivity contribution >= 4 is 29.3 Å². The quantitative estimate of drug-likeness (QED) is 0.782. The van der Waals surface area contributed by atoms with E-state index >= 15 is 0 Å². The number of carbonyl (C=O) groups is 4. The van der Waals surface area contributed by atoms with Crippen molar-refractivity contribution in [3.63, 3.8) is 0 Å². The molecule has 2 atom stereocenters. The van der Waals surface area contributed by atoms with E-state index < -0.39 is 0 Å². The van der Waals surface area contributed by atoms with Gasteiger partial charge in [-0.25, -0.2) is 0 Å². The second-order valence-electron chi connectivity index (χ2n) is 6.78. The van der Waals surface area contributed by atoms with E-state index in [4.69, 9.17) is 0 Å². The number of fused-ring (bicyclic) bond motifs is 1. The van der Waals surface area contributed by atoms with Crippen LogP contribution in [0, 0.1) is 11.8 Å². The lowest BCUT2D eigenvalue weighted by atomic mass is 9.81. The summed E-state index contributed by atoms with van der Waals surface area (Å²) in [5.41, 5.74) is 1.07. The highest BCUT2D eigenvalue weighted by Gasteiger charge is 2.47. The maximum absolute atomic E-state index is 12.4. The molecule has 138 valence electrons. The van der Waals surface area contributed by atoms with Gasteiger partial charge < -0.3 is 10.6 Å². The fraction of sp³-hybridized carbons (Fsp3) is 0.474. The zero-order valence-corrected chi connectivity index (χ0v) is 14.8. The number of rotatable bonds is 5. The summed E-state index contributed by atoms with van der Waals surface area (Å²) in [7, 11) is 1.55. The third-order valence-corrected chi connectivity index (χ3v) is 5.15. The molecule has 0 spiro atoms. The molecular weight excluding hydrogens is 334 g/mol. The van der Waals surface area contributed by atoms with Crippen molar-refractivity contribution in [1.82, 2.24) is 10.2 Å². The Kier molecular flexibility index (Phi) is 5.35. The minimum absolute atomic E-state index is 0.0636. The van der Waals surface area contributed by atoms with Crippen molar-refractivity contribution in [2.75, 3.05) is 18.9 Å². The van der Waals surface area contributed by atoms with Crippen LogP contribution in [0.5, 0.6) is 0 Å². The molecule has 0 unspecified atom stereocenters. The van der Waals surface area contributed by atoms with Crippen LogP contribution in [0.2, 0.25) is 0 Å². The fourth-order valence-electron chi connectivity index (χ4n) is 3.74. The summed E-state index contributed by atoms with van der Waals surface area (Å²) in [6, 6.07) is 6.52. The SMILES string of the molecule is CNC(=O)c1ccc(NC(=O)CCN2C(=O)[C@H]3CCCC[C@@H]3C2=O)cc1. The summed E-state index contributed by atoms with van der Waals surface area (Å²) < 4.78 is 0. The maximum Gasteiger partial charge on any atom is 0.251 e. The van der Waals surface area contributed by atoms with Crippen LogP contribution in [0.4, 0.5) is 5.69 Å². The Morgan fingerprint density at radius 2 is 1.62 bits per heavy atom. The summed E-state index contributed by atoms with van der Waals surface area (Å²) in [6.45, 7) is 0.118. The minimum Gasteiger partial charge on any atom is -0.355 e. The number of hydrogen-bond donors (Lipinski definition) is 2. The molecule has 7 nitrogen and oxygen atoms in total. The molecule has 1 aliphatic carbocycles. The standard InChI is InChI=1S/C19H23N3O4/c1-20-17(24)12-6-8-13(9-7-12)21-16(23)10-11-22-18(25)14-4-2-3-5-15(14)19(22)26/h6-9,14-15H,2-5,10-11H2,1H3,(H,20,24)(H,21,23)/t14-,15-/m0/s1. The van der Waals surface area contributed by atoms with Gasteiger partial charge >= 0.3 is 0 Å². The van der Waals surface area contributed by atoms with Gasteiger partial charge in [-0.1, -0.05) is 12.8 Å². The van der Waals surface area contributed by atoms with E-state index in [2.05, 4.69) is 10.6 Å². The third kappa shape index (κ3) is 3.61. The number of anilines is 1. The van der Waals surface area contributed by atoms with Gasteiger partial charge in [0.2, 0.25) is 17.7 Å². The smallest absolute Gasteiger partial charge is 0.251 e. The second-order valence-corrected chi connectivity index (χ2v) is 6.78. The Morgan fingerprint density at radius 3 is 2.15 bits per heavy atom. The number of nitrogens with zero attached hydrogens (tertiary/aromatic N) is 1. The third-order valence-electron chi connectivity index (χ3n) is 5.15. The van der Waals surface area contributed by atoms with Gasteiger partial charge in [0.05, 0.1) is 11.8 Å². The van der Waals surface area contributed by atoms with Crippen molar-refractivity contribution in [2.24, 2.45) is 11.8 Å². The van der Waals surface area contributed by atoms with E-state index in [-0.39, 0.29) is 48.4 Å². The Bertz CT molecular complexity index is 705. The number of likely N-dealkylation sites (tertiary alicyclic amines) is 1. The molecule has 2 aliphatic rings. The Balaban J connectivity index is 1.53. The first-order valence-electron chi connectivity index (χ1n) is 8.98. The summed E-state index contributed by atoms with van der Waals surface area (Å²) in [5.74, 6) is -1.08. The Labute approximate surface area is 152 Å². The van der Waals surface area contributed by atoms with E-state index in [1.165, 1.54) is 4.90 Å². The summed E-state index contributed by atoms with van der Waals surface area (Å²) in [6.07, 6.45) is 3.58. The first-order valence-corrected chi connectivity index (χ1v) is 8.98. The van der Waals surface area contributed by atoms with E-state index in [9.17, 15) is 19.2 Å². The molecule has 3 rings (SSSR count). The molecule has 1 aromatic rings. The highest BCUT2D eigenvalue weighted by molar-refractivity contribution is 6.05. The van der Waals surface area contributed by atoms with Crippen LogP contribution in [0.1, 0.15) is 42.5 Å². The highest BCUT2D eigenvalue weighted by atomic mass is 16.2. The van der Waals surface area contributed by atoms with Crippen molar-refractivity contribution < 1.29 is 19.2 Å². The molecule has 4 amide bonds. The summed E-state index contributed by atoms with van der Waals surface area (Å²) >= 11 is 0. The molecular formula is C19H23N3O4. The van der Waals surface area contributed by atoms with Gasteiger partial charge in [0, 0.05) is 31.3 Å². The monoisotopic (exact) mass is 357 g/mol. The van der Waals surface area contributed by atoms with Crippen molar-refractivity contribution in [2.45, 2.75) is 32.1 Å². The van der Waals surface area contributed by atoms with Crippen LogP contribution >= 0.6 is 0 Å². The fourth-order valence-corrected chi connectivity index (χ4v) is 3.74. The van der Waals surface area contributed by atoms with E-state index in [0.29, 0.717) is 11.3 Å². The van der Waals surface area contributed by atoms with Crippen molar-refractivity contribution in [1.29, 1.82) is 0 Å². The number of hydrogen-bond acceptors (Lipinski definition) is 4. The maximum atomic E-state index is 12.4. The molecule has 0 aromatic heterocycles. The Morgan fingerprint density at radius 1 is 1.04 bits per heavy atom. The van der Waals surface area contributed by atoms with Gasteiger partial charge in [0.15, 0.2) is 0 Å². The normalized spacial score (nSPS) is 22.1.